The smallest absolute Gasteiger partial charge is 0.308 e. The zero-order chi connectivity index (χ0) is 18.4. The van der Waals surface area contributed by atoms with Gasteiger partial charge in [-0.3, -0.25) is 15.0 Å². The van der Waals surface area contributed by atoms with Crippen molar-refractivity contribution in [3.8, 4) is 0 Å². The van der Waals surface area contributed by atoms with E-state index >= 15 is 0 Å². The summed E-state index contributed by atoms with van der Waals surface area (Å²) < 4.78 is 0. The first-order chi connectivity index (χ1) is 12.6. The molecule has 0 aliphatic heterocycles. The van der Waals surface area contributed by atoms with Gasteiger partial charge in [-0.25, -0.2) is 4.79 Å². The van der Waals surface area contributed by atoms with Crippen LogP contribution >= 0.6 is 0 Å². The number of nitrogens with zero attached hydrogens (tertiary/aromatic N) is 1. The largest absolute Gasteiger partial charge is 0.325 e. The van der Waals surface area contributed by atoms with E-state index in [1.165, 1.54) is 18.4 Å². The lowest BCUT2D eigenvalue weighted by Gasteiger charge is -2.28. The minimum absolute atomic E-state index is 0.203. The average Bonchev–Trinajstić information content (AvgIpc) is 3.47. The molecule has 2 aromatic rings. The van der Waals surface area contributed by atoms with Crippen molar-refractivity contribution in [3.05, 3.63) is 66.2 Å². The Morgan fingerprint density at radius 1 is 1.04 bits per heavy atom. The molecule has 5 nitrogen and oxygen atoms in total. The van der Waals surface area contributed by atoms with E-state index in [9.17, 15) is 9.59 Å². The summed E-state index contributed by atoms with van der Waals surface area (Å²) in [6.45, 7) is 3.07. The van der Waals surface area contributed by atoms with E-state index in [0.29, 0.717) is 24.2 Å². The zero-order valence-corrected chi connectivity index (χ0v) is 15.0. The fourth-order valence-corrected chi connectivity index (χ4v) is 3.07. The molecule has 0 bridgehead atoms. The molecule has 0 radical (unpaired) electrons. The highest BCUT2D eigenvalue weighted by molar-refractivity contribution is 6.01. The molecule has 1 aliphatic rings. The molecule has 3 rings (SSSR count). The van der Waals surface area contributed by atoms with E-state index in [4.69, 9.17) is 0 Å². The van der Waals surface area contributed by atoms with Crippen LogP contribution in [0, 0.1) is 5.92 Å². The molecule has 2 aromatic carbocycles. The number of amides is 3. The number of rotatable bonds is 7. The molecule has 1 aliphatic carbocycles. The lowest BCUT2D eigenvalue weighted by atomic mass is 10.1. The van der Waals surface area contributed by atoms with Crippen molar-refractivity contribution in [1.29, 1.82) is 0 Å². The van der Waals surface area contributed by atoms with Gasteiger partial charge in [0.05, 0.1) is 6.54 Å². The highest BCUT2D eigenvalue weighted by Crippen LogP contribution is 2.35. The third-order valence-electron chi connectivity index (χ3n) is 4.74. The fourth-order valence-electron chi connectivity index (χ4n) is 3.07. The van der Waals surface area contributed by atoms with Crippen molar-refractivity contribution in [2.45, 2.75) is 32.4 Å². The molecule has 0 saturated heterocycles. The quantitative estimate of drug-likeness (QED) is 0.801. The molecule has 3 amide bonds. The number of carbonyl (C=O) groups excluding carboxylic acids is 2. The summed E-state index contributed by atoms with van der Waals surface area (Å²) in [4.78, 5) is 26.5. The lowest BCUT2D eigenvalue weighted by molar-refractivity contribution is -0.121. The van der Waals surface area contributed by atoms with E-state index in [1.807, 2.05) is 36.4 Å². The van der Waals surface area contributed by atoms with Crippen molar-refractivity contribution >= 4 is 17.6 Å². The Hall–Kier alpha value is -2.66. The molecule has 1 atom stereocenters. The minimum Gasteiger partial charge on any atom is -0.308 e. The van der Waals surface area contributed by atoms with Gasteiger partial charge >= 0.3 is 6.03 Å². The molecular formula is C21H25N3O2. The van der Waals surface area contributed by atoms with Gasteiger partial charge in [0, 0.05) is 18.3 Å². The Kier molecular flexibility index (Phi) is 6.02. The van der Waals surface area contributed by atoms with E-state index in [2.05, 4.69) is 34.6 Å². The Bertz CT molecular complexity index is 729. The van der Waals surface area contributed by atoms with Gasteiger partial charge in [-0.1, -0.05) is 48.5 Å². The maximum absolute atomic E-state index is 12.4. The number of urea groups is 1. The van der Waals surface area contributed by atoms with Gasteiger partial charge in [-0.2, -0.15) is 0 Å². The number of anilines is 1. The highest BCUT2D eigenvalue weighted by Gasteiger charge is 2.32. The number of benzene rings is 2. The number of hydrogen-bond acceptors (Lipinski definition) is 3. The second-order valence-electron chi connectivity index (χ2n) is 6.84. The summed E-state index contributed by atoms with van der Waals surface area (Å²) in [5, 5.41) is 5.10. The molecule has 1 fully saturated rings. The molecule has 1 saturated carbocycles. The monoisotopic (exact) mass is 351 g/mol. The molecule has 1 unspecified atom stereocenters. The van der Waals surface area contributed by atoms with Crippen molar-refractivity contribution in [3.63, 3.8) is 0 Å². The highest BCUT2D eigenvalue weighted by atomic mass is 16.2. The maximum Gasteiger partial charge on any atom is 0.325 e. The van der Waals surface area contributed by atoms with Gasteiger partial charge in [0.15, 0.2) is 0 Å². The predicted molar refractivity (Wildman–Crippen MR) is 103 cm³/mol. The second kappa shape index (κ2) is 8.63. The van der Waals surface area contributed by atoms with Gasteiger partial charge in [0.2, 0.25) is 5.91 Å². The first kappa shape index (κ1) is 18.1. The summed E-state index contributed by atoms with van der Waals surface area (Å²) in [7, 11) is 0. The fraction of sp³-hybridized carbons (Fsp3) is 0.333. The van der Waals surface area contributed by atoms with Crippen molar-refractivity contribution in [2.24, 2.45) is 5.92 Å². The SMILES string of the molecule is CC(C1CC1)N(CC(=O)NC(=O)Nc1ccccc1)Cc1ccccc1. The number of hydrogen-bond donors (Lipinski definition) is 2. The normalized spacial score (nSPS) is 14.7. The molecule has 26 heavy (non-hydrogen) atoms. The average molecular weight is 351 g/mol. The molecule has 0 spiro atoms. The molecule has 0 heterocycles. The minimum atomic E-state index is -0.500. The number of imide groups is 1. The van der Waals surface area contributed by atoms with Crippen LogP contribution in [0.25, 0.3) is 0 Å². The molecule has 0 aromatic heterocycles. The van der Waals surface area contributed by atoms with Crippen molar-refractivity contribution in [1.82, 2.24) is 10.2 Å². The summed E-state index contributed by atoms with van der Waals surface area (Å²) in [6.07, 6.45) is 2.42. The van der Waals surface area contributed by atoms with E-state index in [0.717, 1.165) is 0 Å². The van der Waals surface area contributed by atoms with Crippen LogP contribution in [0.2, 0.25) is 0 Å². The van der Waals surface area contributed by atoms with Crippen LogP contribution in [0.3, 0.4) is 0 Å². The molecule has 2 N–H and O–H groups in total. The molecule has 5 heteroatoms. The maximum atomic E-state index is 12.4. The van der Waals surface area contributed by atoms with Crippen molar-refractivity contribution < 1.29 is 9.59 Å². The van der Waals surface area contributed by atoms with Gasteiger partial charge < -0.3 is 5.32 Å². The Morgan fingerprint density at radius 3 is 2.27 bits per heavy atom. The summed E-state index contributed by atoms with van der Waals surface area (Å²) >= 11 is 0. The lowest BCUT2D eigenvalue weighted by Crippen LogP contribution is -2.45. The van der Waals surface area contributed by atoms with E-state index in [1.54, 1.807) is 12.1 Å². The van der Waals surface area contributed by atoms with Gasteiger partial charge in [0.25, 0.3) is 0 Å². The van der Waals surface area contributed by atoms with Crippen LogP contribution in [-0.2, 0) is 11.3 Å². The summed E-state index contributed by atoms with van der Waals surface area (Å²) in [5.74, 6) is 0.353. The second-order valence-corrected chi connectivity index (χ2v) is 6.84. The summed E-state index contributed by atoms with van der Waals surface area (Å²) in [6, 6.07) is 19.0. The molecular weight excluding hydrogens is 326 g/mol. The standard InChI is InChI=1S/C21H25N3O2/c1-16(18-12-13-18)24(14-17-8-4-2-5-9-17)15-20(25)23-21(26)22-19-10-6-3-7-11-19/h2-11,16,18H,12-15H2,1H3,(H2,22,23,25,26). The van der Waals surface area contributed by atoms with Crippen LogP contribution in [0.5, 0.6) is 0 Å². The Balaban J connectivity index is 1.56. The number of nitrogens with one attached hydrogen (secondary N) is 2. The van der Waals surface area contributed by atoms with E-state index < -0.39 is 6.03 Å². The third-order valence-corrected chi connectivity index (χ3v) is 4.74. The van der Waals surface area contributed by atoms with Crippen LogP contribution < -0.4 is 10.6 Å². The van der Waals surface area contributed by atoms with Gasteiger partial charge in [0.1, 0.15) is 0 Å². The van der Waals surface area contributed by atoms with Crippen LogP contribution in [0.4, 0.5) is 10.5 Å². The van der Waals surface area contributed by atoms with Crippen LogP contribution in [0.1, 0.15) is 25.3 Å². The topological polar surface area (TPSA) is 61.4 Å². The van der Waals surface area contributed by atoms with Gasteiger partial charge in [-0.15, -0.1) is 0 Å². The van der Waals surface area contributed by atoms with Crippen LogP contribution in [-0.4, -0.2) is 29.4 Å². The third kappa shape index (κ3) is 5.43. The van der Waals surface area contributed by atoms with Crippen molar-refractivity contribution in [2.75, 3.05) is 11.9 Å². The Labute approximate surface area is 154 Å². The van der Waals surface area contributed by atoms with E-state index in [-0.39, 0.29) is 12.5 Å². The molecule has 136 valence electrons. The van der Waals surface area contributed by atoms with Crippen LogP contribution in [0.15, 0.2) is 60.7 Å². The number of para-hydroxylation sites is 1. The van der Waals surface area contributed by atoms with Gasteiger partial charge in [-0.05, 0) is 43.4 Å². The summed E-state index contributed by atoms with van der Waals surface area (Å²) in [5.41, 5.74) is 1.83. The first-order valence-corrected chi connectivity index (χ1v) is 9.05. The Morgan fingerprint density at radius 2 is 1.65 bits per heavy atom. The first-order valence-electron chi connectivity index (χ1n) is 9.05. The predicted octanol–water partition coefficient (Wildman–Crippen LogP) is 3.64. The number of carbonyl (C=O) groups is 2. The zero-order valence-electron chi connectivity index (χ0n) is 15.0.